The largest absolute Gasteiger partial charge is 0.480 e. The van der Waals surface area contributed by atoms with Gasteiger partial charge in [-0.3, -0.25) is 19.6 Å². The van der Waals surface area contributed by atoms with E-state index in [9.17, 15) is 34.5 Å². The molecule has 3 rings (SSSR count). The lowest BCUT2D eigenvalue weighted by atomic mass is 9.84. The number of ether oxygens (including phenoxy) is 2. The van der Waals surface area contributed by atoms with Gasteiger partial charge in [0.1, 0.15) is 24.1 Å². The summed E-state index contributed by atoms with van der Waals surface area (Å²) in [5, 5.41) is 33.8. The second kappa shape index (κ2) is 13.8. The Morgan fingerprint density at radius 1 is 1.27 bits per heavy atom. The summed E-state index contributed by atoms with van der Waals surface area (Å²) in [4.78, 5) is 55.5. The van der Waals surface area contributed by atoms with Crippen molar-refractivity contribution in [3.8, 4) is 0 Å². The molecule has 1 saturated heterocycles. The van der Waals surface area contributed by atoms with Gasteiger partial charge in [-0.25, -0.2) is 14.4 Å². The van der Waals surface area contributed by atoms with E-state index in [0.717, 1.165) is 30.3 Å². The quantitative estimate of drug-likeness (QED) is 0.234. The Morgan fingerprint density at radius 2 is 1.95 bits per heavy atom. The average Bonchev–Trinajstić information content (AvgIpc) is 3.19. The number of hydrogen-bond acceptors (Lipinski definition) is 10. The number of nitrogens with one attached hydrogen (secondary N) is 2. The molecule has 2 fully saturated rings. The van der Waals surface area contributed by atoms with E-state index in [1.165, 1.54) is 25.6 Å². The van der Waals surface area contributed by atoms with Crippen LogP contribution in [0.5, 0.6) is 0 Å². The molecule has 0 aromatic carbocycles. The van der Waals surface area contributed by atoms with Crippen LogP contribution in [0.25, 0.3) is 0 Å². The van der Waals surface area contributed by atoms with Crippen LogP contribution in [0.3, 0.4) is 0 Å². The van der Waals surface area contributed by atoms with Crippen LogP contribution >= 0.6 is 0 Å². The number of carbonyl (C=O) groups is 3. The van der Waals surface area contributed by atoms with Crippen molar-refractivity contribution in [2.75, 3.05) is 26.0 Å². The van der Waals surface area contributed by atoms with Gasteiger partial charge in [-0.1, -0.05) is 38.7 Å². The molecule has 0 bridgehead atoms. The third kappa shape index (κ3) is 7.65. The molecular formula is C26H39N5O9. The summed E-state index contributed by atoms with van der Waals surface area (Å²) in [6.07, 6.45) is 1.84. The van der Waals surface area contributed by atoms with Crippen molar-refractivity contribution in [1.29, 1.82) is 0 Å². The lowest BCUT2D eigenvalue weighted by molar-refractivity contribution is -0.145. The first kappa shape index (κ1) is 31.2. The van der Waals surface area contributed by atoms with E-state index in [0.29, 0.717) is 12.3 Å². The lowest BCUT2D eigenvalue weighted by Gasteiger charge is -2.31. The van der Waals surface area contributed by atoms with Gasteiger partial charge < -0.3 is 30.1 Å². The molecule has 0 unspecified atom stereocenters. The maximum Gasteiger partial charge on any atom is 0.413 e. The summed E-state index contributed by atoms with van der Waals surface area (Å²) in [7, 11) is 3.53. The number of aliphatic hydroxyl groups excluding tert-OH is 2. The van der Waals surface area contributed by atoms with E-state index in [1.807, 2.05) is 0 Å². The highest BCUT2D eigenvalue weighted by atomic mass is 16.6. The molecule has 6 atom stereocenters. The third-order valence-corrected chi connectivity index (χ3v) is 7.38. The van der Waals surface area contributed by atoms with E-state index in [2.05, 4.69) is 22.2 Å². The molecule has 5 N–H and O–H groups in total. The molecule has 0 spiro atoms. The highest BCUT2D eigenvalue weighted by molar-refractivity contribution is 5.88. The molecule has 1 aromatic heterocycles. The van der Waals surface area contributed by atoms with Crippen molar-refractivity contribution in [2.24, 2.45) is 5.92 Å². The van der Waals surface area contributed by atoms with Crippen LogP contribution in [0.15, 0.2) is 29.2 Å². The summed E-state index contributed by atoms with van der Waals surface area (Å²) >= 11 is 0. The highest BCUT2D eigenvalue weighted by Gasteiger charge is 2.39. The topological polar surface area (TPSA) is 193 Å². The fourth-order valence-electron chi connectivity index (χ4n) is 5.05. The average molecular weight is 566 g/mol. The second-order valence-electron chi connectivity index (χ2n) is 10.5. The zero-order valence-corrected chi connectivity index (χ0v) is 23.0. The minimum Gasteiger partial charge on any atom is -0.480 e. The fourth-order valence-corrected chi connectivity index (χ4v) is 5.05. The lowest BCUT2D eigenvalue weighted by Crippen LogP contribution is -2.54. The van der Waals surface area contributed by atoms with Gasteiger partial charge >= 0.3 is 17.8 Å². The smallest absolute Gasteiger partial charge is 0.413 e. The van der Waals surface area contributed by atoms with Crippen LogP contribution in [-0.2, 0) is 19.1 Å². The van der Waals surface area contributed by atoms with Gasteiger partial charge in [-0.05, 0) is 39.4 Å². The molecule has 222 valence electrons. The number of rotatable bonds is 11. The van der Waals surface area contributed by atoms with Gasteiger partial charge in [-0.15, -0.1) is 0 Å². The first-order chi connectivity index (χ1) is 18.9. The van der Waals surface area contributed by atoms with Crippen LogP contribution in [0, 0.1) is 5.92 Å². The van der Waals surface area contributed by atoms with Gasteiger partial charge in [-0.2, -0.15) is 4.98 Å². The molecule has 40 heavy (non-hydrogen) atoms. The van der Waals surface area contributed by atoms with Crippen molar-refractivity contribution in [3.05, 3.63) is 34.9 Å². The maximum absolute atomic E-state index is 13.1. The molecule has 0 radical (unpaired) electrons. The Hall–Kier alpha value is -3.33. The number of hydrogen-bond donors (Lipinski definition) is 5. The number of likely N-dealkylation sites (N-methyl/N-ethyl adjacent to an activating group) is 1. The number of carboxylic acids is 1. The predicted octanol–water partition coefficient (Wildman–Crippen LogP) is 0.457. The summed E-state index contributed by atoms with van der Waals surface area (Å²) in [5.74, 6) is -1.63. The number of anilines is 1. The van der Waals surface area contributed by atoms with E-state index < -0.39 is 66.9 Å². The zero-order chi connectivity index (χ0) is 29.6. The standard InChI is InChI=1S/C26H39N5O9/c1-14-21(33)18(13-32)40-23(14)31-11-10-19(27-25(31)37)28-26(38)39-15(2)20(24(35)36)29-22(34)17(30(3)4)12-16-8-6-5-7-9-16/h10-11,15-18,20-21,23,32-33H,1,5-9,12-13H2,2-4H3,(H,29,34)(H,35,36)(H,27,28,37,38)/t15-,17-,18+,20+,21-,23+/m0/s1. The normalized spacial score (nSPS) is 23.9. The highest BCUT2D eigenvalue weighted by Crippen LogP contribution is 2.32. The molecule has 1 aromatic rings. The number of aliphatic hydroxyl groups is 2. The molecule has 2 amide bonds. The summed E-state index contributed by atoms with van der Waals surface area (Å²) in [6, 6.07) is -0.772. The third-order valence-electron chi connectivity index (χ3n) is 7.38. The monoisotopic (exact) mass is 565 g/mol. The van der Waals surface area contributed by atoms with E-state index >= 15 is 0 Å². The molecular weight excluding hydrogens is 526 g/mol. The van der Waals surface area contributed by atoms with Crippen molar-refractivity contribution in [2.45, 2.75) is 82.1 Å². The first-order valence-corrected chi connectivity index (χ1v) is 13.3. The number of amides is 2. The Kier molecular flexibility index (Phi) is 10.8. The molecule has 2 heterocycles. The number of aliphatic carboxylic acids is 1. The van der Waals surface area contributed by atoms with Crippen LogP contribution < -0.4 is 16.3 Å². The van der Waals surface area contributed by atoms with Crippen LogP contribution in [0.2, 0.25) is 0 Å². The zero-order valence-electron chi connectivity index (χ0n) is 23.0. The minimum absolute atomic E-state index is 0.161. The summed E-state index contributed by atoms with van der Waals surface area (Å²) < 4.78 is 11.7. The Labute approximate surface area is 232 Å². The van der Waals surface area contributed by atoms with Crippen molar-refractivity contribution in [3.63, 3.8) is 0 Å². The fraction of sp³-hybridized carbons (Fsp3) is 0.654. The molecule has 1 aliphatic heterocycles. The van der Waals surface area contributed by atoms with Crippen molar-refractivity contribution in [1.82, 2.24) is 19.8 Å². The van der Waals surface area contributed by atoms with Gasteiger partial charge in [0.15, 0.2) is 12.3 Å². The number of aromatic nitrogens is 2. The molecule has 2 aliphatic rings. The Balaban J connectivity index is 1.60. The molecule has 1 aliphatic carbocycles. The van der Waals surface area contributed by atoms with Gasteiger partial charge in [0.25, 0.3) is 0 Å². The number of carboxylic acid groups (broad SMARTS) is 1. The van der Waals surface area contributed by atoms with Gasteiger partial charge in [0.05, 0.1) is 12.6 Å². The minimum atomic E-state index is -1.51. The molecule has 1 saturated carbocycles. The first-order valence-electron chi connectivity index (χ1n) is 13.3. The maximum atomic E-state index is 13.1. The SMILES string of the molecule is C=C1[C@H](n2ccc(NC(=O)O[C@@H](C)[C@@H](NC(=O)[C@H](CC3CCCCC3)N(C)C)C(=O)O)nc2=O)O[C@H](CO)[C@H]1O. The van der Waals surface area contributed by atoms with Crippen molar-refractivity contribution >= 4 is 23.8 Å². The Bertz CT molecular complexity index is 1130. The number of nitrogens with zero attached hydrogens (tertiary/aromatic N) is 3. The van der Waals surface area contributed by atoms with Crippen molar-refractivity contribution < 1.29 is 39.2 Å². The summed E-state index contributed by atoms with van der Waals surface area (Å²) in [5.41, 5.74) is -0.681. The van der Waals surface area contributed by atoms with Crippen LogP contribution in [-0.4, -0.2) is 98.8 Å². The molecule has 14 nitrogen and oxygen atoms in total. The van der Waals surface area contributed by atoms with Crippen LogP contribution in [0.4, 0.5) is 10.6 Å². The summed E-state index contributed by atoms with van der Waals surface area (Å²) in [6.45, 7) is 4.55. The van der Waals surface area contributed by atoms with E-state index in [-0.39, 0.29) is 11.4 Å². The predicted molar refractivity (Wildman–Crippen MR) is 142 cm³/mol. The van der Waals surface area contributed by atoms with E-state index in [4.69, 9.17) is 9.47 Å². The Morgan fingerprint density at radius 3 is 2.50 bits per heavy atom. The van der Waals surface area contributed by atoms with Gasteiger partial charge in [0.2, 0.25) is 5.91 Å². The van der Waals surface area contributed by atoms with Gasteiger partial charge in [0, 0.05) is 11.8 Å². The number of carbonyl (C=O) groups excluding carboxylic acids is 2. The van der Waals surface area contributed by atoms with E-state index in [1.54, 1.807) is 19.0 Å². The second-order valence-corrected chi connectivity index (χ2v) is 10.5. The molecule has 14 heteroatoms. The van der Waals surface area contributed by atoms with Crippen LogP contribution in [0.1, 0.15) is 51.7 Å².